The number of ether oxygens (including phenoxy) is 3. The van der Waals surface area contributed by atoms with Crippen LogP contribution in [0.4, 0.5) is 0 Å². The molecule has 0 spiro atoms. The van der Waals surface area contributed by atoms with Crippen LogP contribution >= 0.6 is 11.6 Å². The molecule has 0 radical (unpaired) electrons. The summed E-state index contributed by atoms with van der Waals surface area (Å²) in [6.07, 6.45) is 6.83. The molecule has 0 amide bonds. The molecule has 0 aliphatic carbocycles. The molecule has 0 saturated heterocycles. The highest BCUT2D eigenvalue weighted by Gasteiger charge is 2.18. The van der Waals surface area contributed by atoms with Gasteiger partial charge in [-0.1, -0.05) is 29.8 Å². The monoisotopic (exact) mass is 527 g/mol. The molecule has 0 bridgehead atoms. The third-order valence-corrected chi connectivity index (χ3v) is 6.72. The fourth-order valence-corrected chi connectivity index (χ4v) is 4.79. The van der Waals surface area contributed by atoms with E-state index in [-0.39, 0.29) is 5.88 Å². The number of rotatable bonds is 8. The Balaban J connectivity index is 1.65. The minimum atomic E-state index is 0.228. The SMILES string of the molecule is COc1cc(-n2ccc3c(-c4cccc(-c5ccc(C=O)c(OC)n5)c4Cl)cncc32)cc(OC)c1C=O. The average Bonchev–Trinajstić information content (AvgIpc) is 3.40. The van der Waals surface area contributed by atoms with E-state index < -0.39 is 0 Å². The lowest BCUT2D eigenvalue weighted by molar-refractivity contribution is 0.111. The van der Waals surface area contributed by atoms with E-state index in [1.54, 1.807) is 36.7 Å². The maximum absolute atomic E-state index is 11.6. The normalized spacial score (nSPS) is 10.8. The van der Waals surface area contributed by atoms with Gasteiger partial charge in [0.2, 0.25) is 5.88 Å². The Morgan fingerprint density at radius 1 is 0.842 bits per heavy atom. The maximum Gasteiger partial charge on any atom is 0.224 e. The molecule has 0 aliphatic heterocycles. The molecular weight excluding hydrogens is 506 g/mol. The van der Waals surface area contributed by atoms with Gasteiger partial charge in [-0.2, -0.15) is 0 Å². The first-order valence-electron chi connectivity index (χ1n) is 11.5. The number of carbonyl (C=O) groups excluding carboxylic acids is 2. The fourth-order valence-electron chi connectivity index (χ4n) is 4.47. The van der Waals surface area contributed by atoms with E-state index in [0.717, 1.165) is 27.7 Å². The molecule has 2 aromatic carbocycles. The Hall–Kier alpha value is -4.69. The van der Waals surface area contributed by atoms with Gasteiger partial charge >= 0.3 is 0 Å². The molecule has 0 aliphatic rings. The highest BCUT2D eigenvalue weighted by atomic mass is 35.5. The lowest BCUT2D eigenvalue weighted by atomic mass is 10.00. The number of pyridine rings is 2. The van der Waals surface area contributed by atoms with E-state index >= 15 is 0 Å². The predicted molar refractivity (Wildman–Crippen MR) is 145 cm³/mol. The van der Waals surface area contributed by atoms with Crippen molar-refractivity contribution in [2.45, 2.75) is 0 Å². The molecule has 0 unspecified atom stereocenters. The average molecular weight is 528 g/mol. The molecule has 190 valence electrons. The van der Waals surface area contributed by atoms with Crippen molar-refractivity contribution < 1.29 is 23.8 Å². The van der Waals surface area contributed by atoms with E-state index in [0.29, 0.717) is 51.5 Å². The van der Waals surface area contributed by atoms with Gasteiger partial charge in [0, 0.05) is 46.6 Å². The topological polar surface area (TPSA) is 92.5 Å². The number of benzene rings is 2. The van der Waals surface area contributed by atoms with Crippen molar-refractivity contribution in [2.75, 3.05) is 21.3 Å². The number of hydrogen-bond donors (Lipinski definition) is 0. The number of carbonyl (C=O) groups is 2. The number of aromatic nitrogens is 3. The van der Waals surface area contributed by atoms with Crippen molar-refractivity contribution in [1.82, 2.24) is 14.5 Å². The Bertz CT molecular complexity index is 1670. The highest BCUT2D eigenvalue weighted by Crippen LogP contribution is 2.40. The lowest BCUT2D eigenvalue weighted by Gasteiger charge is -2.14. The molecule has 0 saturated carbocycles. The molecule has 8 nitrogen and oxygen atoms in total. The van der Waals surface area contributed by atoms with Crippen molar-refractivity contribution >= 4 is 35.1 Å². The summed E-state index contributed by atoms with van der Waals surface area (Å²) in [5.41, 5.74) is 5.12. The van der Waals surface area contributed by atoms with Crippen molar-refractivity contribution in [3.05, 3.63) is 83.3 Å². The lowest BCUT2D eigenvalue weighted by Crippen LogP contribution is -2.00. The Kier molecular flexibility index (Phi) is 6.81. The summed E-state index contributed by atoms with van der Waals surface area (Å²) in [4.78, 5) is 31.8. The molecule has 0 atom stereocenters. The third-order valence-electron chi connectivity index (χ3n) is 6.32. The van der Waals surface area contributed by atoms with E-state index in [4.69, 9.17) is 25.8 Å². The van der Waals surface area contributed by atoms with Crippen LogP contribution in [-0.4, -0.2) is 48.4 Å². The van der Waals surface area contributed by atoms with Gasteiger partial charge in [-0.3, -0.25) is 14.6 Å². The second-order valence-corrected chi connectivity index (χ2v) is 8.65. The third kappa shape index (κ3) is 4.14. The van der Waals surface area contributed by atoms with Crippen LogP contribution in [-0.2, 0) is 0 Å². The minimum absolute atomic E-state index is 0.228. The number of hydrogen-bond acceptors (Lipinski definition) is 7. The first kappa shape index (κ1) is 25.0. The van der Waals surface area contributed by atoms with E-state index in [9.17, 15) is 9.59 Å². The number of methoxy groups -OCH3 is 3. The van der Waals surface area contributed by atoms with Crippen LogP contribution in [0.5, 0.6) is 17.4 Å². The summed E-state index contributed by atoms with van der Waals surface area (Å²) < 4.78 is 18.1. The molecule has 9 heteroatoms. The van der Waals surface area contributed by atoms with Crippen molar-refractivity contribution in [3.8, 4) is 45.5 Å². The van der Waals surface area contributed by atoms with Crippen LogP contribution in [0.1, 0.15) is 20.7 Å². The summed E-state index contributed by atoms with van der Waals surface area (Å²) in [6.45, 7) is 0. The predicted octanol–water partition coefficient (Wildman–Crippen LogP) is 6.06. The Labute approximate surface area is 223 Å². The van der Waals surface area contributed by atoms with Gasteiger partial charge in [-0.15, -0.1) is 0 Å². The Morgan fingerprint density at radius 3 is 2.24 bits per heavy atom. The Morgan fingerprint density at radius 2 is 1.58 bits per heavy atom. The first-order valence-corrected chi connectivity index (χ1v) is 11.9. The standard InChI is InChI=1S/C29H22ClN3O5/c1-36-26-11-18(12-27(37-2)23(26)16-35)33-10-9-19-22(13-31-14-25(19)33)20-5-4-6-21(28(20)30)24-8-7-17(15-34)29(32-24)38-3/h4-16H,1-3H3. The molecule has 3 aromatic heterocycles. The largest absolute Gasteiger partial charge is 0.496 e. The summed E-state index contributed by atoms with van der Waals surface area (Å²) in [7, 11) is 4.47. The minimum Gasteiger partial charge on any atom is -0.496 e. The number of aldehydes is 2. The highest BCUT2D eigenvalue weighted by molar-refractivity contribution is 6.36. The van der Waals surface area contributed by atoms with Crippen molar-refractivity contribution in [2.24, 2.45) is 0 Å². The van der Waals surface area contributed by atoms with Gasteiger partial charge in [-0.25, -0.2) is 4.98 Å². The van der Waals surface area contributed by atoms with Gasteiger partial charge in [0.1, 0.15) is 11.5 Å². The molecular formula is C29H22ClN3O5. The van der Waals surface area contributed by atoms with Crippen LogP contribution in [0.15, 0.2) is 67.1 Å². The van der Waals surface area contributed by atoms with Crippen LogP contribution < -0.4 is 14.2 Å². The van der Waals surface area contributed by atoms with E-state index in [1.807, 2.05) is 35.0 Å². The second-order valence-electron chi connectivity index (χ2n) is 8.27. The zero-order valence-corrected chi connectivity index (χ0v) is 21.5. The summed E-state index contributed by atoms with van der Waals surface area (Å²) >= 11 is 6.93. The molecule has 38 heavy (non-hydrogen) atoms. The summed E-state index contributed by atoms with van der Waals surface area (Å²) in [6, 6.07) is 14.6. The molecule has 5 aromatic rings. The molecule has 0 N–H and O–H groups in total. The van der Waals surface area contributed by atoms with Crippen LogP contribution in [0, 0.1) is 0 Å². The quantitative estimate of drug-likeness (QED) is 0.226. The fraction of sp³-hybridized carbons (Fsp3) is 0.103. The summed E-state index contributed by atoms with van der Waals surface area (Å²) in [5, 5.41) is 1.40. The zero-order chi connectivity index (χ0) is 26.8. The van der Waals surface area contributed by atoms with Crippen LogP contribution in [0.25, 0.3) is 39.0 Å². The van der Waals surface area contributed by atoms with Gasteiger partial charge in [0.05, 0.1) is 60.6 Å². The smallest absolute Gasteiger partial charge is 0.224 e. The van der Waals surface area contributed by atoms with Gasteiger partial charge in [-0.05, 0) is 18.2 Å². The molecule has 5 rings (SSSR count). The molecule has 0 fully saturated rings. The summed E-state index contributed by atoms with van der Waals surface area (Å²) in [5.74, 6) is 1.03. The van der Waals surface area contributed by atoms with Crippen LogP contribution in [0.2, 0.25) is 5.02 Å². The number of halogens is 1. The first-order chi connectivity index (χ1) is 18.5. The van der Waals surface area contributed by atoms with E-state index in [2.05, 4.69) is 9.97 Å². The number of fused-ring (bicyclic) bond motifs is 1. The molecule has 3 heterocycles. The maximum atomic E-state index is 11.6. The van der Waals surface area contributed by atoms with Crippen LogP contribution in [0.3, 0.4) is 0 Å². The van der Waals surface area contributed by atoms with Crippen molar-refractivity contribution in [3.63, 3.8) is 0 Å². The number of nitrogens with zero attached hydrogens (tertiary/aromatic N) is 3. The second kappa shape index (κ2) is 10.4. The van der Waals surface area contributed by atoms with Crippen molar-refractivity contribution in [1.29, 1.82) is 0 Å². The van der Waals surface area contributed by atoms with Gasteiger partial charge < -0.3 is 18.8 Å². The zero-order valence-electron chi connectivity index (χ0n) is 20.8. The van der Waals surface area contributed by atoms with E-state index in [1.165, 1.54) is 21.3 Å². The van der Waals surface area contributed by atoms with Gasteiger partial charge in [0.25, 0.3) is 0 Å². The van der Waals surface area contributed by atoms with Gasteiger partial charge in [0.15, 0.2) is 12.6 Å².